The van der Waals surface area contributed by atoms with Crippen LogP contribution in [-0.2, 0) is 0 Å². The number of methoxy groups -OCH3 is 3. The van der Waals surface area contributed by atoms with E-state index in [0.717, 1.165) is 32.2 Å². The van der Waals surface area contributed by atoms with Crippen LogP contribution in [0.15, 0.2) is 80.7 Å². The molecular weight excluding hydrogens is 559 g/mol. The van der Waals surface area contributed by atoms with E-state index in [4.69, 9.17) is 19.3 Å². The lowest BCUT2D eigenvalue weighted by Crippen LogP contribution is -2.12. The van der Waals surface area contributed by atoms with Crippen LogP contribution in [-0.4, -0.2) is 37.2 Å². The molecule has 0 amide bonds. The van der Waals surface area contributed by atoms with E-state index in [0.29, 0.717) is 22.0 Å². The largest absolute Gasteiger partial charge is 0.493 e. The van der Waals surface area contributed by atoms with Crippen LogP contribution >= 0.6 is 27.3 Å². The van der Waals surface area contributed by atoms with Gasteiger partial charge in [-0.2, -0.15) is 5.10 Å². The zero-order chi connectivity index (χ0) is 25.9. The van der Waals surface area contributed by atoms with Crippen molar-refractivity contribution in [3.63, 3.8) is 0 Å². The molecule has 3 aromatic carbocycles. The van der Waals surface area contributed by atoms with E-state index in [9.17, 15) is 4.39 Å². The van der Waals surface area contributed by atoms with Gasteiger partial charge in [-0.15, -0.1) is 11.3 Å². The number of thiazole rings is 1. The van der Waals surface area contributed by atoms with Crippen molar-refractivity contribution in [1.29, 1.82) is 0 Å². The second kappa shape index (κ2) is 10.6. The predicted molar refractivity (Wildman–Crippen MR) is 148 cm³/mol. The summed E-state index contributed by atoms with van der Waals surface area (Å²) in [6, 6.07) is 16.0. The number of aromatic amines is 1. The Balaban J connectivity index is 1.71. The van der Waals surface area contributed by atoms with Gasteiger partial charge in [0, 0.05) is 38.1 Å². The first-order valence-electron chi connectivity index (χ1n) is 11.1. The molecule has 0 saturated carbocycles. The van der Waals surface area contributed by atoms with Gasteiger partial charge in [0.25, 0.3) is 0 Å². The summed E-state index contributed by atoms with van der Waals surface area (Å²) in [6.45, 7) is 0. The van der Waals surface area contributed by atoms with Gasteiger partial charge in [0.1, 0.15) is 11.5 Å². The summed E-state index contributed by atoms with van der Waals surface area (Å²) in [7, 11) is 4.68. The molecule has 7 nitrogen and oxygen atoms in total. The molecule has 0 unspecified atom stereocenters. The average molecular weight is 581 g/mol. The standard InChI is InChI=1S/C27H22BrFN4O3S/c1-34-24-10-16(11-25(35-2)26(24)36-3)23-15-37-27(32-22-7-5-4-6-20(22)29)33(23)31-14-17-13-30-21-9-8-18(28)12-19(17)21/h4-15,30H,1-3H3. The molecule has 10 heteroatoms. The van der Waals surface area contributed by atoms with Gasteiger partial charge in [0.2, 0.25) is 10.6 Å². The van der Waals surface area contributed by atoms with Crippen LogP contribution in [0.3, 0.4) is 0 Å². The van der Waals surface area contributed by atoms with Gasteiger partial charge < -0.3 is 19.2 Å². The zero-order valence-corrected chi connectivity index (χ0v) is 22.6. The zero-order valence-electron chi connectivity index (χ0n) is 20.2. The SMILES string of the molecule is COc1cc(-c2csc(=Nc3ccccc3F)n2N=Cc2c[nH]c3ccc(Br)cc23)cc(OC)c1OC. The molecule has 0 fully saturated rings. The van der Waals surface area contributed by atoms with E-state index in [1.54, 1.807) is 50.4 Å². The van der Waals surface area contributed by atoms with Crippen LogP contribution in [0, 0.1) is 5.82 Å². The number of nitrogens with one attached hydrogen (secondary N) is 1. The summed E-state index contributed by atoms with van der Waals surface area (Å²) < 4.78 is 33.7. The first-order chi connectivity index (χ1) is 18.0. The van der Waals surface area contributed by atoms with E-state index < -0.39 is 5.82 Å². The van der Waals surface area contributed by atoms with Crippen LogP contribution in [0.5, 0.6) is 17.2 Å². The first-order valence-corrected chi connectivity index (χ1v) is 12.8. The fourth-order valence-corrected chi connectivity index (χ4v) is 5.11. The lowest BCUT2D eigenvalue weighted by Gasteiger charge is -2.14. The number of H-pyrrole nitrogens is 1. The third kappa shape index (κ3) is 4.90. The minimum atomic E-state index is -0.415. The van der Waals surface area contributed by atoms with Crippen LogP contribution in [0.1, 0.15) is 5.56 Å². The van der Waals surface area contributed by atoms with Gasteiger partial charge in [0.15, 0.2) is 11.5 Å². The summed E-state index contributed by atoms with van der Waals surface area (Å²) in [4.78, 5) is 8.32. The highest BCUT2D eigenvalue weighted by Gasteiger charge is 2.17. The molecule has 5 aromatic rings. The van der Waals surface area contributed by atoms with Crippen molar-refractivity contribution in [2.24, 2.45) is 10.1 Å². The number of ether oxygens (including phenoxy) is 3. The summed E-state index contributed by atoms with van der Waals surface area (Å²) in [6.07, 6.45) is 3.64. The molecule has 0 atom stereocenters. The highest BCUT2D eigenvalue weighted by molar-refractivity contribution is 9.10. The van der Waals surface area contributed by atoms with Gasteiger partial charge >= 0.3 is 0 Å². The van der Waals surface area contributed by atoms with Gasteiger partial charge in [0.05, 0.1) is 33.2 Å². The van der Waals surface area contributed by atoms with E-state index in [1.165, 1.54) is 17.4 Å². The fourth-order valence-electron chi connectivity index (χ4n) is 3.90. The Morgan fingerprint density at radius 2 is 1.76 bits per heavy atom. The van der Waals surface area contributed by atoms with Crippen molar-refractivity contribution < 1.29 is 18.6 Å². The number of halogens is 2. The van der Waals surface area contributed by atoms with E-state index >= 15 is 0 Å². The second-order valence-electron chi connectivity index (χ2n) is 7.87. The van der Waals surface area contributed by atoms with Crippen molar-refractivity contribution in [1.82, 2.24) is 9.66 Å². The van der Waals surface area contributed by atoms with Crippen molar-refractivity contribution in [3.05, 3.63) is 86.8 Å². The molecule has 0 bridgehead atoms. The van der Waals surface area contributed by atoms with Gasteiger partial charge in [-0.1, -0.05) is 28.1 Å². The number of hydrogen-bond acceptors (Lipinski definition) is 6. The Morgan fingerprint density at radius 3 is 2.46 bits per heavy atom. The van der Waals surface area contributed by atoms with Crippen molar-refractivity contribution >= 4 is 50.1 Å². The maximum atomic E-state index is 14.4. The van der Waals surface area contributed by atoms with E-state index in [2.05, 4.69) is 25.9 Å². The number of fused-ring (bicyclic) bond motifs is 1. The van der Waals surface area contributed by atoms with E-state index in [-0.39, 0.29) is 5.69 Å². The van der Waals surface area contributed by atoms with Crippen LogP contribution in [0.4, 0.5) is 10.1 Å². The summed E-state index contributed by atoms with van der Waals surface area (Å²) in [5.41, 5.74) is 3.58. The van der Waals surface area contributed by atoms with Gasteiger partial charge in [-0.05, 0) is 42.5 Å². The minimum Gasteiger partial charge on any atom is -0.493 e. The summed E-state index contributed by atoms with van der Waals surface area (Å²) >= 11 is 4.87. The topological polar surface area (TPSA) is 73.1 Å². The lowest BCUT2D eigenvalue weighted by atomic mass is 10.1. The van der Waals surface area contributed by atoms with Gasteiger partial charge in [-0.25, -0.2) is 14.1 Å². The molecule has 2 aromatic heterocycles. The molecule has 37 heavy (non-hydrogen) atoms. The Hall–Kier alpha value is -3.89. The first kappa shape index (κ1) is 24.8. The molecule has 0 aliphatic carbocycles. The maximum Gasteiger partial charge on any atom is 0.211 e. The minimum absolute atomic E-state index is 0.223. The number of nitrogens with zero attached hydrogens (tertiary/aromatic N) is 3. The van der Waals surface area contributed by atoms with Crippen molar-refractivity contribution in [2.45, 2.75) is 0 Å². The molecule has 0 aliphatic rings. The smallest absolute Gasteiger partial charge is 0.211 e. The summed E-state index contributed by atoms with van der Waals surface area (Å²) in [5, 5.41) is 7.70. The third-order valence-corrected chi connectivity index (χ3v) is 7.01. The van der Waals surface area contributed by atoms with Crippen LogP contribution in [0.25, 0.3) is 22.2 Å². The Morgan fingerprint density at radius 1 is 1.00 bits per heavy atom. The molecule has 0 spiro atoms. The third-order valence-electron chi connectivity index (χ3n) is 5.70. The van der Waals surface area contributed by atoms with E-state index in [1.807, 2.05) is 41.9 Å². The Bertz CT molecular complexity index is 1660. The lowest BCUT2D eigenvalue weighted by molar-refractivity contribution is 0.324. The summed E-state index contributed by atoms with van der Waals surface area (Å²) in [5.74, 6) is 1.09. The molecule has 0 saturated heterocycles. The molecule has 0 aliphatic heterocycles. The highest BCUT2D eigenvalue weighted by atomic mass is 79.9. The monoisotopic (exact) mass is 580 g/mol. The fraction of sp³-hybridized carbons (Fsp3) is 0.111. The second-order valence-corrected chi connectivity index (χ2v) is 9.62. The van der Waals surface area contributed by atoms with Crippen LogP contribution < -0.4 is 19.0 Å². The van der Waals surface area contributed by atoms with Crippen molar-refractivity contribution in [3.8, 4) is 28.5 Å². The predicted octanol–water partition coefficient (Wildman–Crippen LogP) is 6.74. The molecule has 1 N–H and O–H groups in total. The number of rotatable bonds is 7. The average Bonchev–Trinajstić information content (AvgIpc) is 3.51. The maximum absolute atomic E-state index is 14.4. The molecular formula is C27H22BrFN4O3S. The number of aromatic nitrogens is 2. The molecule has 188 valence electrons. The number of para-hydroxylation sites is 1. The molecule has 2 heterocycles. The quantitative estimate of drug-likeness (QED) is 0.217. The van der Waals surface area contributed by atoms with Gasteiger partial charge in [-0.3, -0.25) is 0 Å². The molecule has 5 rings (SSSR count). The number of benzene rings is 3. The Kier molecular flexibility index (Phi) is 7.11. The normalized spacial score (nSPS) is 12.0. The molecule has 0 radical (unpaired) electrons. The highest BCUT2D eigenvalue weighted by Crippen LogP contribution is 2.41. The van der Waals surface area contributed by atoms with Crippen LogP contribution in [0.2, 0.25) is 0 Å². The van der Waals surface area contributed by atoms with Crippen molar-refractivity contribution in [2.75, 3.05) is 21.3 Å². The Labute approximate surface area is 224 Å². The number of hydrogen-bond donors (Lipinski definition) is 1.